The summed E-state index contributed by atoms with van der Waals surface area (Å²) in [6, 6.07) is 0. The number of ether oxygens (including phenoxy) is 5. The monoisotopic (exact) mass is 1140 g/mol. The van der Waals surface area contributed by atoms with Gasteiger partial charge in [0.15, 0.2) is 24.6 Å². The second-order valence-corrected chi connectivity index (χ2v) is 22.0. The molecule has 6 unspecified atom stereocenters. The normalized spacial score (nSPS) is 18.3. The molecule has 1 heterocycles. The summed E-state index contributed by atoms with van der Waals surface area (Å²) in [7, 11) is 0. The number of aliphatic hydroxyl groups excluding tert-OH is 2. The van der Waals surface area contributed by atoms with Crippen molar-refractivity contribution in [2.45, 2.75) is 314 Å². The van der Waals surface area contributed by atoms with Gasteiger partial charge in [0.1, 0.15) is 18.8 Å². The molecule has 0 spiro atoms. The summed E-state index contributed by atoms with van der Waals surface area (Å²) in [5, 5.41) is 31.6. The van der Waals surface area contributed by atoms with Crippen LogP contribution in [0.15, 0.2) is 85.1 Å². The van der Waals surface area contributed by atoms with Crippen LogP contribution in [0.2, 0.25) is 0 Å². The maximum Gasteiger partial charge on any atom is 0.335 e. The Morgan fingerprint density at radius 3 is 1.22 bits per heavy atom. The molecule has 0 amide bonds. The van der Waals surface area contributed by atoms with E-state index in [1.54, 1.807) is 0 Å². The fourth-order valence-corrected chi connectivity index (χ4v) is 9.44. The average Bonchev–Trinajstić information content (AvgIpc) is 3.52. The summed E-state index contributed by atoms with van der Waals surface area (Å²) in [6.45, 7) is 5.85. The predicted molar refractivity (Wildman–Crippen MR) is 331 cm³/mol. The van der Waals surface area contributed by atoms with E-state index in [1.165, 1.54) is 89.9 Å². The quantitative estimate of drug-likeness (QED) is 0.0228. The summed E-state index contributed by atoms with van der Waals surface area (Å²) < 4.78 is 28.5. The standard InChI is InChI=1S/C69H116O12/c1-4-7-10-13-16-19-22-25-28-30-31-33-36-39-42-45-48-51-54-57-63(72)80-67-65(74)64(73)66(68(75)76)81-69(67)78-59-60(79-62(71)56-53-50-47-44-41-38-34-27-24-21-18-15-12-9-6-3)58-77-61(70)55-52-49-46-43-40-37-35-32-29-26-23-20-17-14-11-8-5-2/h9,12,16,18-19,21,25-29,31,33-34,60,64-67,69,73-74H,4-8,10-11,13-15,17,20,22-24,30,32,35-59H2,1-3H3,(H,75,76)/b12-9-,19-16-,21-18-,28-25-,29-26-,33-31-,34-27-. The summed E-state index contributed by atoms with van der Waals surface area (Å²) in [4.78, 5) is 51.3. The van der Waals surface area contributed by atoms with Gasteiger partial charge in [-0.05, 0) is 116 Å². The zero-order valence-electron chi connectivity index (χ0n) is 51.3. The van der Waals surface area contributed by atoms with Gasteiger partial charge in [-0.3, -0.25) is 14.4 Å². The average molecular weight is 1140 g/mol. The number of esters is 3. The summed E-state index contributed by atoms with van der Waals surface area (Å²) in [6.07, 6.45) is 61.0. The molecule has 12 heteroatoms. The van der Waals surface area contributed by atoms with Crippen LogP contribution >= 0.6 is 0 Å². The highest BCUT2D eigenvalue weighted by Crippen LogP contribution is 2.26. The molecule has 1 rings (SSSR count). The number of rotatable bonds is 55. The van der Waals surface area contributed by atoms with Crippen LogP contribution in [0, 0.1) is 0 Å². The Kier molecular flexibility index (Phi) is 52.1. The number of hydrogen-bond donors (Lipinski definition) is 3. The number of aliphatic hydroxyl groups is 2. The van der Waals surface area contributed by atoms with Crippen molar-refractivity contribution in [2.75, 3.05) is 13.2 Å². The van der Waals surface area contributed by atoms with Gasteiger partial charge < -0.3 is 39.0 Å². The highest BCUT2D eigenvalue weighted by atomic mass is 16.7. The number of carboxylic acids is 1. The molecule has 0 aliphatic carbocycles. The molecular formula is C69H116O12. The van der Waals surface area contributed by atoms with Gasteiger partial charge >= 0.3 is 23.9 Å². The van der Waals surface area contributed by atoms with Gasteiger partial charge in [0.05, 0.1) is 6.61 Å². The molecule has 1 aliphatic heterocycles. The maximum absolute atomic E-state index is 13.2. The zero-order chi connectivity index (χ0) is 58.9. The van der Waals surface area contributed by atoms with Crippen LogP contribution in [-0.4, -0.2) is 89.2 Å². The third-order valence-corrected chi connectivity index (χ3v) is 14.4. The topological polar surface area (TPSA) is 175 Å². The van der Waals surface area contributed by atoms with E-state index in [9.17, 15) is 34.5 Å². The zero-order valence-corrected chi connectivity index (χ0v) is 51.3. The van der Waals surface area contributed by atoms with Crippen molar-refractivity contribution in [3.63, 3.8) is 0 Å². The highest BCUT2D eigenvalue weighted by Gasteiger charge is 2.50. The van der Waals surface area contributed by atoms with E-state index >= 15 is 0 Å². The molecule has 1 aliphatic rings. The van der Waals surface area contributed by atoms with E-state index in [-0.39, 0.29) is 25.9 Å². The first-order valence-corrected chi connectivity index (χ1v) is 32.6. The minimum absolute atomic E-state index is 0.0409. The number of hydrogen-bond acceptors (Lipinski definition) is 11. The Morgan fingerprint density at radius 2 is 0.778 bits per heavy atom. The molecule has 0 aromatic carbocycles. The maximum atomic E-state index is 13.2. The van der Waals surface area contributed by atoms with Crippen LogP contribution in [0.1, 0.15) is 278 Å². The number of carbonyl (C=O) groups is 4. The number of allylic oxidation sites excluding steroid dienone is 14. The van der Waals surface area contributed by atoms with Crippen molar-refractivity contribution in [1.29, 1.82) is 0 Å². The number of unbranched alkanes of at least 4 members (excludes halogenated alkanes) is 27. The lowest BCUT2D eigenvalue weighted by Crippen LogP contribution is -2.61. The minimum Gasteiger partial charge on any atom is -0.479 e. The Balaban J connectivity index is 2.67. The molecule has 0 radical (unpaired) electrons. The van der Waals surface area contributed by atoms with E-state index in [1.807, 2.05) is 0 Å². The second kappa shape index (κ2) is 56.4. The molecule has 0 aromatic heterocycles. The Labute approximate surface area is 492 Å². The van der Waals surface area contributed by atoms with E-state index in [0.717, 1.165) is 128 Å². The number of aliphatic carboxylic acids is 1. The summed E-state index contributed by atoms with van der Waals surface area (Å²) in [5.41, 5.74) is 0. The number of carbonyl (C=O) groups excluding carboxylic acids is 3. The third-order valence-electron chi connectivity index (χ3n) is 14.4. The molecule has 0 saturated carbocycles. The molecule has 0 aromatic rings. The van der Waals surface area contributed by atoms with Crippen LogP contribution in [0.5, 0.6) is 0 Å². The van der Waals surface area contributed by atoms with E-state index < -0.39 is 67.3 Å². The van der Waals surface area contributed by atoms with Crippen LogP contribution in [0.25, 0.3) is 0 Å². The second-order valence-electron chi connectivity index (χ2n) is 22.0. The molecule has 0 bridgehead atoms. The first-order chi connectivity index (χ1) is 39.6. The molecule has 1 saturated heterocycles. The Morgan fingerprint density at radius 1 is 0.420 bits per heavy atom. The molecule has 6 atom stereocenters. The van der Waals surface area contributed by atoms with Crippen molar-refractivity contribution >= 4 is 23.9 Å². The molecule has 464 valence electrons. The van der Waals surface area contributed by atoms with Gasteiger partial charge in [-0.15, -0.1) is 0 Å². The van der Waals surface area contributed by atoms with Gasteiger partial charge in [0, 0.05) is 19.3 Å². The van der Waals surface area contributed by atoms with Gasteiger partial charge in [0.25, 0.3) is 0 Å². The molecule has 81 heavy (non-hydrogen) atoms. The first-order valence-electron chi connectivity index (χ1n) is 32.6. The lowest BCUT2D eigenvalue weighted by atomic mass is 9.98. The van der Waals surface area contributed by atoms with Crippen LogP contribution in [0.3, 0.4) is 0 Å². The summed E-state index contributed by atoms with van der Waals surface area (Å²) in [5.74, 6) is -3.16. The smallest absolute Gasteiger partial charge is 0.335 e. The van der Waals surface area contributed by atoms with Crippen molar-refractivity contribution < 1.29 is 58.2 Å². The minimum atomic E-state index is -1.91. The molecule has 12 nitrogen and oxygen atoms in total. The van der Waals surface area contributed by atoms with Crippen LogP contribution < -0.4 is 0 Å². The lowest BCUT2D eigenvalue weighted by Gasteiger charge is -2.40. The van der Waals surface area contributed by atoms with Crippen LogP contribution in [-0.2, 0) is 42.9 Å². The Bertz CT molecular complexity index is 1730. The largest absolute Gasteiger partial charge is 0.479 e. The SMILES string of the molecule is CC/C=C\C/C=C\C/C=C\CCCCCCCC(=O)OC(COC(=O)CCCCCCCCC/C=C\CCCCCCCC)COC1OC(C(=O)O)C(O)C(O)C1OC(=O)CCCCCCCC/C=C\C/C=C\C/C=C\CCCCC. The summed E-state index contributed by atoms with van der Waals surface area (Å²) >= 11 is 0. The van der Waals surface area contributed by atoms with Gasteiger partial charge in [0.2, 0.25) is 0 Å². The highest BCUT2D eigenvalue weighted by molar-refractivity contribution is 5.74. The van der Waals surface area contributed by atoms with Crippen molar-refractivity contribution in [3.05, 3.63) is 85.1 Å². The van der Waals surface area contributed by atoms with E-state index in [2.05, 4.69) is 106 Å². The van der Waals surface area contributed by atoms with Crippen LogP contribution in [0.4, 0.5) is 0 Å². The fraction of sp³-hybridized carbons (Fsp3) is 0.739. The van der Waals surface area contributed by atoms with Crippen molar-refractivity contribution in [3.8, 4) is 0 Å². The molecule has 1 fully saturated rings. The molecule has 3 N–H and O–H groups in total. The Hall–Kier alpha value is -4.10. The number of carboxylic acid groups (broad SMARTS) is 1. The van der Waals surface area contributed by atoms with Gasteiger partial charge in [-0.25, -0.2) is 4.79 Å². The van der Waals surface area contributed by atoms with E-state index in [4.69, 9.17) is 23.7 Å². The predicted octanol–water partition coefficient (Wildman–Crippen LogP) is 17.5. The first kappa shape index (κ1) is 74.9. The van der Waals surface area contributed by atoms with Crippen molar-refractivity contribution in [2.24, 2.45) is 0 Å². The lowest BCUT2D eigenvalue weighted by molar-refractivity contribution is -0.301. The van der Waals surface area contributed by atoms with Crippen molar-refractivity contribution in [1.82, 2.24) is 0 Å². The fourth-order valence-electron chi connectivity index (χ4n) is 9.44. The van der Waals surface area contributed by atoms with Gasteiger partial charge in [-0.2, -0.15) is 0 Å². The van der Waals surface area contributed by atoms with E-state index in [0.29, 0.717) is 19.3 Å². The third kappa shape index (κ3) is 46.0. The molecular weight excluding hydrogens is 1020 g/mol. The van der Waals surface area contributed by atoms with Gasteiger partial charge in [-0.1, -0.05) is 228 Å².